The average molecular weight is 216 g/mol. The van der Waals surface area contributed by atoms with E-state index in [9.17, 15) is 4.79 Å². The number of rotatable bonds is 1. The van der Waals surface area contributed by atoms with Crippen molar-refractivity contribution in [3.05, 3.63) is 0 Å². The monoisotopic (exact) mass is 216 g/mol. The number of amides is 1. The van der Waals surface area contributed by atoms with Crippen LogP contribution in [0.2, 0.25) is 0 Å². The zero-order valence-corrected chi connectivity index (χ0v) is 9.66. The van der Waals surface area contributed by atoms with Crippen LogP contribution < -0.4 is 5.90 Å². The molecule has 1 aliphatic heterocycles. The molecular formula is C10H20N2O3. The van der Waals surface area contributed by atoms with Gasteiger partial charge in [0.2, 0.25) is 0 Å². The fraction of sp³-hybridized carbons (Fsp3) is 0.900. The lowest BCUT2D eigenvalue weighted by Gasteiger charge is -2.33. The molecule has 5 heteroatoms. The maximum absolute atomic E-state index is 11.7. The number of carbonyl (C=O) groups is 1. The van der Waals surface area contributed by atoms with Crippen LogP contribution in [0.4, 0.5) is 4.79 Å². The summed E-state index contributed by atoms with van der Waals surface area (Å²) in [6.45, 7) is 6.80. The maximum atomic E-state index is 11.7. The van der Waals surface area contributed by atoms with Crippen LogP contribution in [0.3, 0.4) is 0 Å². The van der Waals surface area contributed by atoms with E-state index >= 15 is 0 Å². The van der Waals surface area contributed by atoms with Gasteiger partial charge in [0.25, 0.3) is 0 Å². The first-order valence-electron chi connectivity index (χ1n) is 5.26. The quantitative estimate of drug-likeness (QED) is 0.670. The minimum atomic E-state index is -0.451. The molecule has 1 saturated heterocycles. The molecule has 0 aromatic rings. The molecular weight excluding hydrogens is 196 g/mol. The summed E-state index contributed by atoms with van der Waals surface area (Å²) in [7, 11) is 0. The van der Waals surface area contributed by atoms with Gasteiger partial charge in [0.05, 0.1) is 12.6 Å². The summed E-state index contributed by atoms with van der Waals surface area (Å²) < 4.78 is 5.26. The molecule has 0 aliphatic carbocycles. The molecule has 88 valence electrons. The molecule has 1 aliphatic rings. The number of likely N-dealkylation sites (tertiary alicyclic amines) is 1. The molecule has 1 atom stereocenters. The van der Waals surface area contributed by atoms with E-state index in [1.807, 2.05) is 20.8 Å². The van der Waals surface area contributed by atoms with E-state index < -0.39 is 5.60 Å². The topological polar surface area (TPSA) is 64.8 Å². The van der Waals surface area contributed by atoms with Gasteiger partial charge in [-0.3, -0.25) is 4.84 Å². The van der Waals surface area contributed by atoms with E-state index in [4.69, 9.17) is 15.5 Å². The van der Waals surface area contributed by atoms with Crippen LogP contribution in [0.15, 0.2) is 0 Å². The number of nitrogens with zero attached hydrogens (tertiary/aromatic N) is 1. The normalized spacial score (nSPS) is 22.7. The second kappa shape index (κ2) is 4.81. The van der Waals surface area contributed by atoms with Gasteiger partial charge in [-0.15, -0.1) is 0 Å². The van der Waals surface area contributed by atoms with Crippen molar-refractivity contribution in [1.82, 2.24) is 4.90 Å². The Kier molecular flexibility index (Phi) is 3.93. The van der Waals surface area contributed by atoms with Crippen molar-refractivity contribution < 1.29 is 14.4 Å². The summed E-state index contributed by atoms with van der Waals surface area (Å²) in [6, 6.07) is 0. The number of ether oxygens (including phenoxy) is 1. The molecule has 0 saturated carbocycles. The zero-order valence-electron chi connectivity index (χ0n) is 9.66. The predicted octanol–water partition coefficient (Wildman–Crippen LogP) is 1.28. The standard InChI is InChI=1S/C10H20N2O3/c1-10(2,3)14-9(13)12-6-4-5-8(7-12)15-11/h8H,4-7,11H2,1-3H3. The minimum Gasteiger partial charge on any atom is -0.444 e. The SMILES string of the molecule is CC(C)(C)OC(=O)N1CCCC(ON)C1. The molecule has 15 heavy (non-hydrogen) atoms. The molecule has 0 aromatic heterocycles. The summed E-state index contributed by atoms with van der Waals surface area (Å²) >= 11 is 0. The number of nitrogens with two attached hydrogens (primary N) is 1. The number of carbonyl (C=O) groups excluding carboxylic acids is 1. The summed E-state index contributed by atoms with van der Waals surface area (Å²) in [5.41, 5.74) is -0.451. The Morgan fingerprint density at radius 3 is 2.67 bits per heavy atom. The molecule has 5 nitrogen and oxygen atoms in total. The summed E-state index contributed by atoms with van der Waals surface area (Å²) in [5.74, 6) is 5.11. The van der Waals surface area contributed by atoms with Gasteiger partial charge in [0.1, 0.15) is 5.60 Å². The fourth-order valence-electron chi connectivity index (χ4n) is 1.54. The van der Waals surface area contributed by atoms with Crippen molar-refractivity contribution in [2.45, 2.75) is 45.3 Å². The van der Waals surface area contributed by atoms with Crippen LogP contribution >= 0.6 is 0 Å². The molecule has 1 rings (SSSR count). The van der Waals surface area contributed by atoms with E-state index in [2.05, 4.69) is 0 Å². The van der Waals surface area contributed by atoms with E-state index in [1.165, 1.54) is 0 Å². The summed E-state index contributed by atoms with van der Waals surface area (Å²) in [4.78, 5) is 18.1. The molecule has 0 bridgehead atoms. The van der Waals surface area contributed by atoms with Crippen LogP contribution in [0.25, 0.3) is 0 Å². The van der Waals surface area contributed by atoms with Crippen molar-refractivity contribution in [3.63, 3.8) is 0 Å². The Labute approximate surface area is 90.5 Å². The van der Waals surface area contributed by atoms with E-state index in [1.54, 1.807) is 4.90 Å². The molecule has 0 aromatic carbocycles. The van der Waals surface area contributed by atoms with Crippen molar-refractivity contribution in [2.75, 3.05) is 13.1 Å². The fourth-order valence-corrected chi connectivity index (χ4v) is 1.54. The summed E-state index contributed by atoms with van der Waals surface area (Å²) in [5, 5.41) is 0. The van der Waals surface area contributed by atoms with Gasteiger partial charge in [-0.1, -0.05) is 0 Å². The molecule has 0 radical (unpaired) electrons. The first kappa shape index (κ1) is 12.3. The van der Waals surface area contributed by atoms with Crippen molar-refractivity contribution in [1.29, 1.82) is 0 Å². The zero-order chi connectivity index (χ0) is 11.5. The highest BCUT2D eigenvalue weighted by molar-refractivity contribution is 5.68. The minimum absolute atomic E-state index is 0.0636. The highest BCUT2D eigenvalue weighted by Gasteiger charge is 2.27. The third-order valence-electron chi connectivity index (χ3n) is 2.22. The molecule has 1 amide bonds. The van der Waals surface area contributed by atoms with Gasteiger partial charge in [-0.2, -0.15) is 0 Å². The molecule has 1 unspecified atom stereocenters. The second-order valence-corrected chi connectivity index (χ2v) is 4.83. The Morgan fingerprint density at radius 2 is 2.13 bits per heavy atom. The van der Waals surface area contributed by atoms with Gasteiger partial charge in [-0.25, -0.2) is 10.7 Å². The predicted molar refractivity (Wildman–Crippen MR) is 56.1 cm³/mol. The molecule has 1 heterocycles. The van der Waals surface area contributed by atoms with Crippen molar-refractivity contribution >= 4 is 6.09 Å². The van der Waals surface area contributed by atoms with Gasteiger partial charge >= 0.3 is 6.09 Å². The van der Waals surface area contributed by atoms with Crippen LogP contribution in [0.1, 0.15) is 33.6 Å². The lowest BCUT2D eigenvalue weighted by Crippen LogP contribution is -2.46. The number of hydrogen-bond acceptors (Lipinski definition) is 4. The highest BCUT2D eigenvalue weighted by Crippen LogP contribution is 2.16. The third kappa shape index (κ3) is 4.05. The first-order chi connectivity index (χ1) is 6.92. The maximum Gasteiger partial charge on any atom is 0.410 e. The Bertz CT molecular complexity index is 225. The number of hydrogen-bond donors (Lipinski definition) is 1. The van der Waals surface area contributed by atoms with E-state index in [0.717, 1.165) is 19.4 Å². The highest BCUT2D eigenvalue weighted by atomic mass is 16.6. The van der Waals surface area contributed by atoms with Gasteiger partial charge in [0, 0.05) is 6.54 Å². The van der Waals surface area contributed by atoms with Gasteiger partial charge < -0.3 is 9.64 Å². The molecule has 0 spiro atoms. The lowest BCUT2D eigenvalue weighted by molar-refractivity contribution is -0.0209. The smallest absolute Gasteiger partial charge is 0.410 e. The first-order valence-corrected chi connectivity index (χ1v) is 5.26. The van der Waals surface area contributed by atoms with Crippen LogP contribution in [0.5, 0.6) is 0 Å². The molecule has 2 N–H and O–H groups in total. The van der Waals surface area contributed by atoms with Crippen molar-refractivity contribution in [3.8, 4) is 0 Å². The average Bonchev–Trinajstić information content (AvgIpc) is 2.15. The van der Waals surface area contributed by atoms with Gasteiger partial charge in [-0.05, 0) is 33.6 Å². The Hall–Kier alpha value is -0.810. The van der Waals surface area contributed by atoms with Crippen molar-refractivity contribution in [2.24, 2.45) is 5.90 Å². The second-order valence-electron chi connectivity index (χ2n) is 4.83. The number of piperidine rings is 1. The summed E-state index contributed by atoms with van der Waals surface area (Å²) in [6.07, 6.45) is 1.45. The Balaban J connectivity index is 2.45. The van der Waals surface area contributed by atoms with Gasteiger partial charge in [0.15, 0.2) is 0 Å². The van der Waals surface area contributed by atoms with E-state index in [0.29, 0.717) is 6.54 Å². The largest absolute Gasteiger partial charge is 0.444 e. The third-order valence-corrected chi connectivity index (χ3v) is 2.22. The Morgan fingerprint density at radius 1 is 1.47 bits per heavy atom. The lowest BCUT2D eigenvalue weighted by atomic mass is 10.1. The van der Waals surface area contributed by atoms with E-state index in [-0.39, 0.29) is 12.2 Å². The van der Waals surface area contributed by atoms with Crippen LogP contribution in [-0.2, 0) is 9.57 Å². The van der Waals surface area contributed by atoms with Crippen LogP contribution in [-0.4, -0.2) is 35.8 Å². The molecule has 1 fully saturated rings. The van der Waals surface area contributed by atoms with Crippen LogP contribution in [0, 0.1) is 0 Å².